The Labute approximate surface area is 121 Å². The summed E-state index contributed by atoms with van der Waals surface area (Å²) in [5.74, 6) is 0. The van der Waals surface area contributed by atoms with Crippen molar-refractivity contribution in [2.24, 2.45) is 0 Å². The first kappa shape index (κ1) is 19.8. The normalized spacial score (nSPS) is 12.6. The van der Waals surface area contributed by atoms with E-state index in [2.05, 4.69) is 6.92 Å². The van der Waals surface area contributed by atoms with E-state index in [9.17, 15) is 0 Å². The molecule has 0 saturated heterocycles. The highest BCUT2D eigenvalue weighted by Gasteiger charge is 2.17. The molecule has 0 saturated carbocycles. The van der Waals surface area contributed by atoms with Crippen LogP contribution in [0.2, 0.25) is 0 Å². The lowest BCUT2D eigenvalue weighted by molar-refractivity contribution is -0.0173. The van der Waals surface area contributed by atoms with Crippen molar-refractivity contribution in [2.45, 2.75) is 32.3 Å². The lowest BCUT2D eigenvalue weighted by Crippen LogP contribution is -2.30. The molecule has 0 aromatic rings. The topological polar surface area (TPSA) is 97.6 Å². The summed E-state index contributed by atoms with van der Waals surface area (Å²) in [7, 11) is -1.76. The maximum Gasteiger partial charge on any atom is 0.634 e. The number of hydrogen-bond donors (Lipinski definition) is 3. The van der Waals surface area contributed by atoms with Gasteiger partial charge in [0.2, 0.25) is 0 Å². The lowest BCUT2D eigenvalue weighted by atomic mass is 10.1. The zero-order chi connectivity index (χ0) is 15.1. The van der Waals surface area contributed by atoms with Gasteiger partial charge in [-0.2, -0.15) is 0 Å². The van der Waals surface area contributed by atoms with Crippen LogP contribution in [0.15, 0.2) is 0 Å². The summed E-state index contributed by atoms with van der Waals surface area (Å²) < 4.78 is 20.6. The van der Waals surface area contributed by atoms with Gasteiger partial charge in [-0.05, 0) is 6.42 Å². The van der Waals surface area contributed by atoms with Crippen LogP contribution in [0.1, 0.15) is 26.2 Å². The molecule has 0 amide bonds. The molecule has 0 rings (SSSR count). The zero-order valence-electron chi connectivity index (χ0n) is 12.2. The van der Waals surface area contributed by atoms with Crippen LogP contribution in [0, 0.1) is 0 Å². The van der Waals surface area contributed by atoms with Crippen molar-refractivity contribution in [3.63, 3.8) is 0 Å². The molecule has 1 unspecified atom stereocenters. The van der Waals surface area contributed by atoms with Crippen LogP contribution in [0.4, 0.5) is 0 Å². The van der Waals surface area contributed by atoms with Crippen molar-refractivity contribution in [3.05, 3.63) is 0 Å². The number of aliphatic hydroxyl groups is 1. The van der Waals surface area contributed by atoms with E-state index in [4.69, 9.17) is 34.0 Å². The van der Waals surface area contributed by atoms with E-state index in [1.54, 1.807) is 0 Å². The van der Waals surface area contributed by atoms with Gasteiger partial charge in [0.05, 0.1) is 52.4 Å². The molecule has 8 heteroatoms. The fourth-order valence-corrected chi connectivity index (χ4v) is 1.51. The minimum absolute atomic E-state index is 0.0129. The van der Waals surface area contributed by atoms with Gasteiger partial charge < -0.3 is 34.0 Å². The molecular formula is C12H27BO7. The Bertz CT molecular complexity index is 195. The maximum absolute atomic E-state index is 8.79. The van der Waals surface area contributed by atoms with Gasteiger partial charge in [-0.15, -0.1) is 0 Å². The molecule has 0 bridgehead atoms. The van der Waals surface area contributed by atoms with Crippen LogP contribution in [-0.4, -0.2) is 74.8 Å². The molecule has 0 heterocycles. The smallest absolute Gasteiger partial charge is 0.402 e. The van der Waals surface area contributed by atoms with Crippen molar-refractivity contribution in [3.8, 4) is 0 Å². The second-order valence-corrected chi connectivity index (χ2v) is 4.25. The Balaban J connectivity index is 3.43. The molecule has 1 atom stereocenters. The number of rotatable bonds is 15. The third kappa shape index (κ3) is 14.2. The Kier molecular flexibility index (Phi) is 15.0. The molecule has 0 aliphatic heterocycles. The number of ether oxygens (including phenoxy) is 3. The number of hydrogen-bond acceptors (Lipinski definition) is 7. The first-order chi connectivity index (χ1) is 9.70. The summed E-state index contributed by atoms with van der Waals surface area (Å²) in [6, 6.07) is 0. The van der Waals surface area contributed by atoms with E-state index in [-0.39, 0.29) is 12.7 Å². The van der Waals surface area contributed by atoms with Gasteiger partial charge in [-0.25, -0.2) is 0 Å². The van der Waals surface area contributed by atoms with E-state index in [1.807, 2.05) is 0 Å². The Hall–Kier alpha value is -0.215. The van der Waals surface area contributed by atoms with Crippen molar-refractivity contribution in [1.82, 2.24) is 0 Å². The molecule has 0 aromatic carbocycles. The first-order valence-corrected chi connectivity index (χ1v) is 7.06. The number of unbranched alkanes of at least 4 members (excludes halogenated alkanes) is 1. The van der Waals surface area contributed by atoms with E-state index >= 15 is 0 Å². The number of aliphatic hydroxyl groups excluding tert-OH is 1. The van der Waals surface area contributed by atoms with Gasteiger partial charge in [0.15, 0.2) is 0 Å². The van der Waals surface area contributed by atoms with Crippen molar-refractivity contribution in [1.29, 1.82) is 0 Å². The third-order valence-electron chi connectivity index (χ3n) is 2.48. The molecule has 0 aliphatic carbocycles. The van der Waals surface area contributed by atoms with Crippen LogP contribution >= 0.6 is 0 Å². The van der Waals surface area contributed by atoms with Crippen LogP contribution in [0.5, 0.6) is 0 Å². The summed E-state index contributed by atoms with van der Waals surface area (Å²) in [6.45, 7) is 4.44. The fraction of sp³-hybridized carbons (Fsp3) is 1.00. The summed E-state index contributed by atoms with van der Waals surface area (Å²) in [6.07, 6.45) is 2.37. The van der Waals surface area contributed by atoms with Crippen LogP contribution in [0.25, 0.3) is 0 Å². The second kappa shape index (κ2) is 15.2. The molecule has 7 nitrogen and oxygen atoms in total. The summed E-state index contributed by atoms with van der Waals surface area (Å²) in [5.41, 5.74) is 0. The van der Waals surface area contributed by atoms with Crippen LogP contribution in [-0.2, 0) is 18.9 Å². The third-order valence-corrected chi connectivity index (χ3v) is 2.48. The minimum atomic E-state index is -1.76. The molecule has 0 fully saturated rings. The van der Waals surface area contributed by atoms with Gasteiger partial charge in [0.25, 0.3) is 0 Å². The SMILES string of the molecule is CCCCC(COCCOCCOCCO)OB(O)O. The molecule has 20 heavy (non-hydrogen) atoms. The minimum Gasteiger partial charge on any atom is -0.402 e. The van der Waals surface area contributed by atoms with E-state index in [0.717, 1.165) is 19.3 Å². The van der Waals surface area contributed by atoms with Crippen molar-refractivity contribution < 1.29 is 34.0 Å². The molecule has 0 spiro atoms. The highest BCUT2D eigenvalue weighted by molar-refractivity contribution is 6.32. The standard InChI is InChI=1S/C12H27BO7/c1-2-3-4-12(20-13(15)16)11-19-10-9-18-8-7-17-6-5-14/h12,14-16H,2-11H2,1H3. The Morgan fingerprint density at radius 1 is 0.950 bits per heavy atom. The van der Waals surface area contributed by atoms with Crippen molar-refractivity contribution >= 4 is 7.32 Å². The molecular weight excluding hydrogens is 267 g/mol. The molecule has 0 aromatic heterocycles. The fourth-order valence-electron chi connectivity index (χ4n) is 1.51. The summed E-state index contributed by atoms with van der Waals surface area (Å²) >= 11 is 0. The van der Waals surface area contributed by atoms with E-state index in [1.165, 1.54) is 0 Å². The predicted molar refractivity (Wildman–Crippen MR) is 74.1 cm³/mol. The van der Waals surface area contributed by atoms with E-state index in [0.29, 0.717) is 39.6 Å². The maximum atomic E-state index is 8.79. The predicted octanol–water partition coefficient (Wildman–Crippen LogP) is -0.427. The second-order valence-electron chi connectivity index (χ2n) is 4.25. The lowest BCUT2D eigenvalue weighted by Gasteiger charge is -2.17. The van der Waals surface area contributed by atoms with Crippen molar-refractivity contribution in [2.75, 3.05) is 46.2 Å². The quantitative estimate of drug-likeness (QED) is 0.278. The van der Waals surface area contributed by atoms with Gasteiger partial charge in [0, 0.05) is 0 Å². The highest BCUT2D eigenvalue weighted by Crippen LogP contribution is 2.06. The zero-order valence-corrected chi connectivity index (χ0v) is 12.2. The molecule has 0 radical (unpaired) electrons. The van der Waals surface area contributed by atoms with Gasteiger partial charge in [0.1, 0.15) is 0 Å². The summed E-state index contributed by atoms with van der Waals surface area (Å²) in [5, 5.41) is 26.1. The van der Waals surface area contributed by atoms with E-state index < -0.39 is 7.32 Å². The highest BCUT2D eigenvalue weighted by atomic mass is 16.6. The molecule has 3 N–H and O–H groups in total. The van der Waals surface area contributed by atoms with Gasteiger partial charge >= 0.3 is 7.32 Å². The van der Waals surface area contributed by atoms with Crippen LogP contribution < -0.4 is 0 Å². The molecule has 0 aliphatic rings. The average molecular weight is 294 g/mol. The molecule has 120 valence electrons. The van der Waals surface area contributed by atoms with Crippen LogP contribution in [0.3, 0.4) is 0 Å². The summed E-state index contributed by atoms with van der Waals surface area (Å²) in [4.78, 5) is 0. The Morgan fingerprint density at radius 3 is 2.10 bits per heavy atom. The Morgan fingerprint density at radius 2 is 1.55 bits per heavy atom. The van der Waals surface area contributed by atoms with Gasteiger partial charge in [-0.3, -0.25) is 0 Å². The first-order valence-electron chi connectivity index (χ1n) is 7.06. The average Bonchev–Trinajstić information content (AvgIpc) is 2.42. The van der Waals surface area contributed by atoms with Gasteiger partial charge in [-0.1, -0.05) is 19.8 Å². The largest absolute Gasteiger partial charge is 0.634 e. The monoisotopic (exact) mass is 294 g/mol.